The van der Waals surface area contributed by atoms with Gasteiger partial charge in [0.15, 0.2) is 0 Å². The molecule has 10 heteroatoms. The fraction of sp³-hybridized carbons (Fsp3) is 0. The van der Waals surface area contributed by atoms with Crippen molar-refractivity contribution in [2.24, 2.45) is 0 Å². The number of nitrogen functional groups attached to an aromatic ring is 2. The van der Waals surface area contributed by atoms with E-state index in [1.165, 1.54) is 22.7 Å². The highest BCUT2D eigenvalue weighted by molar-refractivity contribution is 7.42. The van der Waals surface area contributed by atoms with Gasteiger partial charge in [0, 0.05) is 11.1 Å². The highest BCUT2D eigenvalue weighted by atomic mass is 32.2. The van der Waals surface area contributed by atoms with Crippen LogP contribution >= 0.6 is 22.7 Å². The molecule has 156 valence electrons. The summed E-state index contributed by atoms with van der Waals surface area (Å²) in [6, 6.07) is 19.2. The van der Waals surface area contributed by atoms with Crippen LogP contribution in [-0.2, 0) is 0 Å². The van der Waals surface area contributed by atoms with Crippen LogP contribution in [0.4, 0.5) is 11.4 Å². The van der Waals surface area contributed by atoms with Crippen molar-refractivity contribution in [1.82, 2.24) is 20.4 Å². The van der Waals surface area contributed by atoms with Crippen LogP contribution in [0.5, 0.6) is 0 Å². The number of hydrogen-bond donors (Lipinski definition) is 2. The topological polar surface area (TPSA) is 130 Å². The zero-order valence-corrected chi connectivity index (χ0v) is 18.0. The minimum atomic E-state index is 0.361. The van der Waals surface area contributed by atoms with E-state index in [-0.39, 0.29) is 0 Å². The monoisotopic (exact) mass is 458 g/mol. The number of rotatable bonds is 4. The fourth-order valence-corrected chi connectivity index (χ4v) is 5.80. The summed E-state index contributed by atoms with van der Waals surface area (Å²) in [6.45, 7) is 0. The number of aromatic nitrogens is 4. The van der Waals surface area contributed by atoms with Gasteiger partial charge in [-0.25, -0.2) is 0 Å². The molecule has 0 aliphatic carbocycles. The molecule has 0 amide bonds. The van der Waals surface area contributed by atoms with Crippen LogP contribution < -0.4 is 11.5 Å². The summed E-state index contributed by atoms with van der Waals surface area (Å²) in [7, 11) is 0. The molecule has 32 heavy (non-hydrogen) atoms. The predicted molar refractivity (Wildman–Crippen MR) is 126 cm³/mol. The van der Waals surface area contributed by atoms with E-state index in [4.69, 9.17) is 20.3 Å². The number of nitrogens with two attached hydrogens (primary N) is 2. The fourth-order valence-electron chi connectivity index (χ4n) is 3.35. The van der Waals surface area contributed by atoms with Gasteiger partial charge in [-0.1, -0.05) is 36.4 Å². The van der Waals surface area contributed by atoms with E-state index in [0.29, 0.717) is 44.7 Å². The summed E-state index contributed by atoms with van der Waals surface area (Å²) < 4.78 is 12.7. The van der Waals surface area contributed by atoms with Crippen molar-refractivity contribution < 1.29 is 8.83 Å². The molecular formula is C22H14N6O2S2. The van der Waals surface area contributed by atoms with Crippen LogP contribution in [0.15, 0.2) is 69.5 Å². The first kappa shape index (κ1) is 18.7. The van der Waals surface area contributed by atoms with Gasteiger partial charge in [0.2, 0.25) is 11.8 Å². The molecule has 0 unspecified atom stereocenters. The summed E-state index contributed by atoms with van der Waals surface area (Å²) in [5, 5.41) is 17.4. The Kier molecular flexibility index (Phi) is 4.27. The summed E-state index contributed by atoms with van der Waals surface area (Å²) >= 11 is 2.89. The normalized spacial score (nSPS) is 11.4. The standard InChI is InChI=1S/C22H14N6O2S2/c23-14-13-15(24)17(21-28-26-19(30-21)12-9-5-2-6-10-12)32-22(13)31-16(14)20-27-25-18(29-20)11-7-3-1-4-8-11/h1-10H,23-24H2. The van der Waals surface area contributed by atoms with Crippen LogP contribution in [-0.4, -0.2) is 20.4 Å². The average molecular weight is 459 g/mol. The molecule has 8 nitrogen and oxygen atoms in total. The zero-order valence-electron chi connectivity index (χ0n) is 16.4. The Hall–Kier alpha value is -4.02. The Morgan fingerprint density at radius 2 is 0.969 bits per heavy atom. The lowest BCUT2D eigenvalue weighted by Gasteiger charge is -1.97. The van der Waals surface area contributed by atoms with Gasteiger partial charge in [0.1, 0.15) is 9.75 Å². The van der Waals surface area contributed by atoms with Crippen LogP contribution in [0.2, 0.25) is 0 Å². The first-order chi connectivity index (χ1) is 15.7. The Morgan fingerprint density at radius 3 is 1.38 bits per heavy atom. The summed E-state index contributed by atoms with van der Waals surface area (Å²) in [4.78, 5) is 1.38. The SMILES string of the molecule is Nc1c(-c2nnc(-c3ccccc3)o2)sc2sc(-c3nnc(-c4ccccc4)o3)c(N)c12. The Balaban J connectivity index is 1.38. The third-order valence-electron chi connectivity index (χ3n) is 4.90. The minimum absolute atomic E-state index is 0.361. The molecule has 0 radical (unpaired) electrons. The minimum Gasteiger partial charge on any atom is -0.415 e. The Labute approximate surface area is 189 Å². The van der Waals surface area contributed by atoms with Crippen LogP contribution in [0, 0.1) is 0 Å². The molecule has 6 rings (SSSR count). The van der Waals surface area contributed by atoms with Gasteiger partial charge in [-0.15, -0.1) is 43.1 Å². The smallest absolute Gasteiger partial charge is 0.260 e. The Bertz CT molecular complexity index is 1440. The van der Waals surface area contributed by atoms with Gasteiger partial charge < -0.3 is 20.3 Å². The maximum atomic E-state index is 6.45. The van der Waals surface area contributed by atoms with E-state index in [1.807, 2.05) is 60.7 Å². The van der Waals surface area contributed by atoms with Gasteiger partial charge >= 0.3 is 0 Å². The van der Waals surface area contributed by atoms with Crippen LogP contribution in [0.3, 0.4) is 0 Å². The van der Waals surface area contributed by atoms with Crippen LogP contribution in [0.25, 0.3) is 53.8 Å². The predicted octanol–water partition coefficient (Wildman–Crippen LogP) is 5.56. The molecule has 0 aliphatic heterocycles. The molecule has 0 atom stereocenters. The maximum Gasteiger partial charge on any atom is 0.260 e. The van der Waals surface area contributed by atoms with Gasteiger partial charge in [-0.2, -0.15) is 0 Å². The first-order valence-electron chi connectivity index (χ1n) is 9.58. The number of fused-ring (bicyclic) bond motifs is 1. The lowest BCUT2D eigenvalue weighted by atomic mass is 10.2. The van der Waals surface area contributed by atoms with Gasteiger partial charge in [-0.3, -0.25) is 0 Å². The number of nitrogens with zero attached hydrogens (tertiary/aromatic N) is 4. The van der Waals surface area contributed by atoms with Crippen molar-refractivity contribution in [3.63, 3.8) is 0 Å². The molecule has 4 heterocycles. The van der Waals surface area contributed by atoms with E-state index in [1.54, 1.807) is 0 Å². The summed E-state index contributed by atoms with van der Waals surface area (Å²) in [5.41, 5.74) is 15.6. The second-order valence-corrected chi connectivity index (χ2v) is 9.21. The van der Waals surface area contributed by atoms with Crippen molar-refractivity contribution >= 4 is 43.4 Å². The molecule has 0 bridgehead atoms. The lowest BCUT2D eigenvalue weighted by molar-refractivity contribution is 0.586. The molecular weight excluding hydrogens is 444 g/mol. The van der Waals surface area contributed by atoms with Crippen molar-refractivity contribution in [3.8, 4) is 44.4 Å². The van der Waals surface area contributed by atoms with Gasteiger partial charge in [-0.05, 0) is 24.3 Å². The summed E-state index contributed by atoms with van der Waals surface area (Å²) in [6.07, 6.45) is 0. The molecule has 6 aromatic rings. The molecule has 2 aromatic carbocycles. The second kappa shape index (κ2) is 7.29. The number of benzene rings is 2. The largest absolute Gasteiger partial charge is 0.415 e. The van der Waals surface area contributed by atoms with Crippen molar-refractivity contribution in [3.05, 3.63) is 60.7 Å². The second-order valence-electron chi connectivity index (χ2n) is 6.91. The molecule has 0 saturated heterocycles. The van der Waals surface area contributed by atoms with Gasteiger partial charge in [0.25, 0.3) is 11.8 Å². The number of anilines is 2. The van der Waals surface area contributed by atoms with E-state index in [2.05, 4.69) is 20.4 Å². The van der Waals surface area contributed by atoms with Crippen molar-refractivity contribution in [2.75, 3.05) is 11.5 Å². The quantitative estimate of drug-likeness (QED) is 0.351. The molecule has 0 aliphatic rings. The maximum absolute atomic E-state index is 6.45. The lowest BCUT2D eigenvalue weighted by Crippen LogP contribution is -1.90. The molecule has 4 N–H and O–H groups in total. The third-order valence-corrected chi connectivity index (χ3v) is 7.38. The molecule has 4 aromatic heterocycles. The number of hydrogen-bond acceptors (Lipinski definition) is 10. The average Bonchev–Trinajstić information content (AvgIpc) is 3.61. The highest BCUT2D eigenvalue weighted by Gasteiger charge is 2.25. The summed E-state index contributed by atoms with van der Waals surface area (Å²) in [5.74, 6) is 1.59. The first-order valence-corrected chi connectivity index (χ1v) is 11.2. The molecule has 0 fully saturated rings. The van der Waals surface area contributed by atoms with E-state index < -0.39 is 0 Å². The highest BCUT2D eigenvalue weighted by Crippen LogP contribution is 2.51. The third kappa shape index (κ3) is 2.96. The molecule has 0 spiro atoms. The van der Waals surface area contributed by atoms with E-state index in [9.17, 15) is 0 Å². The zero-order chi connectivity index (χ0) is 21.7. The van der Waals surface area contributed by atoms with Gasteiger partial charge in [0.05, 0.1) is 20.8 Å². The van der Waals surface area contributed by atoms with E-state index in [0.717, 1.165) is 20.5 Å². The van der Waals surface area contributed by atoms with Crippen molar-refractivity contribution in [1.29, 1.82) is 0 Å². The molecule has 0 saturated carbocycles. The Morgan fingerprint density at radius 1 is 0.562 bits per heavy atom. The van der Waals surface area contributed by atoms with Crippen LogP contribution in [0.1, 0.15) is 0 Å². The van der Waals surface area contributed by atoms with E-state index >= 15 is 0 Å². The van der Waals surface area contributed by atoms with Crippen molar-refractivity contribution in [2.45, 2.75) is 0 Å². The number of thiophene rings is 2.